The zero-order chi connectivity index (χ0) is 26.3. The van der Waals surface area contributed by atoms with Gasteiger partial charge in [0.1, 0.15) is 35.2 Å². The Balaban J connectivity index is 1.25. The molecule has 8 heteroatoms. The van der Waals surface area contributed by atoms with Crippen molar-refractivity contribution in [3.63, 3.8) is 0 Å². The first-order valence-corrected chi connectivity index (χ1v) is 13.1. The number of hydrogen-bond acceptors (Lipinski definition) is 5. The first-order valence-electron chi connectivity index (χ1n) is 13.1. The number of hydrogen-bond donors (Lipinski definition) is 2. The molecule has 2 N–H and O–H groups in total. The van der Waals surface area contributed by atoms with E-state index in [-0.39, 0.29) is 11.2 Å². The molecule has 0 amide bonds. The van der Waals surface area contributed by atoms with Crippen LogP contribution in [0, 0.1) is 12.7 Å². The SMILES string of the molecule is CCC1(c2nc(-c3ccc(OC)cc3)c(C)[nH]2)CCN(c2ncnc3[nH]c(-c4ccc(F)cc4)cc23)CC1. The molecule has 1 aliphatic rings. The number of benzene rings is 2. The van der Waals surface area contributed by atoms with Crippen LogP contribution in [0.15, 0.2) is 60.9 Å². The minimum absolute atomic E-state index is 0.0183. The van der Waals surface area contributed by atoms with Gasteiger partial charge < -0.3 is 19.6 Å². The van der Waals surface area contributed by atoms with E-state index in [1.54, 1.807) is 25.6 Å². The van der Waals surface area contributed by atoms with Gasteiger partial charge in [-0.3, -0.25) is 0 Å². The summed E-state index contributed by atoms with van der Waals surface area (Å²) in [6, 6.07) is 16.6. The summed E-state index contributed by atoms with van der Waals surface area (Å²) in [5.74, 6) is 2.58. The molecule has 0 atom stereocenters. The summed E-state index contributed by atoms with van der Waals surface area (Å²) >= 11 is 0. The van der Waals surface area contributed by atoms with E-state index in [9.17, 15) is 4.39 Å². The monoisotopic (exact) mass is 510 g/mol. The fraction of sp³-hybridized carbons (Fsp3) is 0.300. The topological polar surface area (TPSA) is 82.7 Å². The van der Waals surface area contributed by atoms with Crippen molar-refractivity contribution in [2.45, 2.75) is 38.5 Å². The summed E-state index contributed by atoms with van der Waals surface area (Å²) < 4.78 is 18.7. The zero-order valence-electron chi connectivity index (χ0n) is 21.9. The quantitative estimate of drug-likeness (QED) is 0.275. The standard InChI is InChI=1S/C30H31FN6O/c1-4-30(29-34-19(2)26(36-29)21-7-11-23(38-3)12-8-21)13-15-37(16-14-30)28-24-17-25(35-27(24)32-18-33-28)20-5-9-22(31)10-6-20/h5-12,17-18H,4,13-16H2,1-3H3,(H,34,36)(H,32,33,35). The Morgan fingerprint density at radius 2 is 1.68 bits per heavy atom. The van der Waals surface area contributed by atoms with Crippen LogP contribution >= 0.6 is 0 Å². The van der Waals surface area contributed by atoms with Crippen molar-refractivity contribution in [1.29, 1.82) is 0 Å². The molecule has 0 bridgehead atoms. The van der Waals surface area contributed by atoms with Crippen molar-refractivity contribution in [1.82, 2.24) is 24.9 Å². The second-order valence-electron chi connectivity index (χ2n) is 10.1. The number of halogens is 1. The number of rotatable bonds is 6. The highest BCUT2D eigenvalue weighted by Gasteiger charge is 2.38. The maximum absolute atomic E-state index is 13.4. The minimum Gasteiger partial charge on any atom is -0.497 e. The summed E-state index contributed by atoms with van der Waals surface area (Å²) in [4.78, 5) is 23.6. The number of piperidine rings is 1. The minimum atomic E-state index is -0.249. The normalized spacial score (nSPS) is 15.2. The largest absolute Gasteiger partial charge is 0.497 e. The molecular weight excluding hydrogens is 479 g/mol. The first-order chi connectivity index (χ1) is 18.5. The molecule has 7 nitrogen and oxygen atoms in total. The van der Waals surface area contributed by atoms with E-state index in [0.717, 1.165) is 89.0 Å². The molecule has 3 aromatic heterocycles. The maximum atomic E-state index is 13.4. The van der Waals surface area contributed by atoms with Crippen molar-refractivity contribution in [3.05, 3.63) is 78.3 Å². The summed E-state index contributed by atoms with van der Waals surface area (Å²) in [7, 11) is 1.68. The maximum Gasteiger partial charge on any atom is 0.143 e. The smallest absolute Gasteiger partial charge is 0.143 e. The first kappa shape index (κ1) is 24.2. The number of anilines is 1. The number of aromatic amines is 2. The zero-order valence-corrected chi connectivity index (χ0v) is 21.9. The molecule has 5 aromatic rings. The molecule has 0 aliphatic carbocycles. The Labute approximate surface area is 221 Å². The van der Waals surface area contributed by atoms with Gasteiger partial charge in [0.2, 0.25) is 0 Å². The summed E-state index contributed by atoms with van der Waals surface area (Å²) in [6.45, 7) is 6.09. The van der Waals surface area contributed by atoms with Crippen LogP contribution in [0.5, 0.6) is 5.75 Å². The van der Waals surface area contributed by atoms with Gasteiger partial charge in [-0.2, -0.15) is 0 Å². The second kappa shape index (κ2) is 9.59. The molecule has 194 valence electrons. The highest BCUT2D eigenvalue weighted by molar-refractivity contribution is 5.92. The van der Waals surface area contributed by atoms with Crippen LogP contribution in [-0.2, 0) is 5.41 Å². The van der Waals surface area contributed by atoms with E-state index < -0.39 is 0 Å². The molecular formula is C30H31FN6O. The molecule has 6 rings (SSSR count). The lowest BCUT2D eigenvalue weighted by molar-refractivity contribution is 0.304. The van der Waals surface area contributed by atoms with Crippen LogP contribution in [0.1, 0.15) is 37.7 Å². The van der Waals surface area contributed by atoms with Crippen LogP contribution in [0.25, 0.3) is 33.5 Å². The highest BCUT2D eigenvalue weighted by Crippen LogP contribution is 2.40. The Morgan fingerprint density at radius 3 is 2.37 bits per heavy atom. The summed E-state index contributed by atoms with van der Waals surface area (Å²) in [5.41, 5.74) is 5.75. The van der Waals surface area contributed by atoms with Gasteiger partial charge in [0.25, 0.3) is 0 Å². The van der Waals surface area contributed by atoms with Crippen molar-refractivity contribution in [3.8, 4) is 28.3 Å². The van der Waals surface area contributed by atoms with Crippen molar-refractivity contribution in [2.75, 3.05) is 25.1 Å². The Bertz CT molecular complexity index is 1560. The lowest BCUT2D eigenvalue weighted by atomic mass is 9.75. The predicted octanol–water partition coefficient (Wildman–Crippen LogP) is 6.42. The van der Waals surface area contributed by atoms with Gasteiger partial charge in [-0.05, 0) is 86.3 Å². The third-order valence-electron chi connectivity index (χ3n) is 8.01. The van der Waals surface area contributed by atoms with Crippen LogP contribution < -0.4 is 9.64 Å². The van der Waals surface area contributed by atoms with Crippen LogP contribution in [-0.4, -0.2) is 45.1 Å². The summed E-state index contributed by atoms with van der Waals surface area (Å²) in [6.07, 6.45) is 4.56. The lowest BCUT2D eigenvalue weighted by Gasteiger charge is -2.40. The number of nitrogens with zero attached hydrogens (tertiary/aromatic N) is 4. The fourth-order valence-electron chi connectivity index (χ4n) is 5.61. The number of fused-ring (bicyclic) bond motifs is 1. The van der Waals surface area contributed by atoms with Gasteiger partial charge in [0.05, 0.1) is 18.2 Å². The molecule has 38 heavy (non-hydrogen) atoms. The second-order valence-corrected chi connectivity index (χ2v) is 10.1. The highest BCUT2D eigenvalue weighted by atomic mass is 19.1. The average Bonchev–Trinajstić information content (AvgIpc) is 3.58. The van der Waals surface area contributed by atoms with Crippen molar-refractivity contribution >= 4 is 16.9 Å². The van der Waals surface area contributed by atoms with Gasteiger partial charge in [0, 0.05) is 35.5 Å². The number of aryl methyl sites for hydroxylation is 1. The number of aromatic nitrogens is 5. The van der Waals surface area contributed by atoms with E-state index in [0.29, 0.717) is 0 Å². The molecule has 0 saturated carbocycles. The Morgan fingerprint density at radius 1 is 0.974 bits per heavy atom. The fourth-order valence-corrected chi connectivity index (χ4v) is 5.61. The third kappa shape index (κ3) is 4.20. The number of nitrogens with one attached hydrogen (secondary N) is 2. The Kier molecular flexibility index (Phi) is 6.10. The number of H-pyrrole nitrogens is 2. The van der Waals surface area contributed by atoms with Crippen molar-refractivity contribution in [2.24, 2.45) is 0 Å². The molecule has 4 heterocycles. The van der Waals surface area contributed by atoms with Gasteiger partial charge in [-0.25, -0.2) is 19.3 Å². The summed E-state index contributed by atoms with van der Waals surface area (Å²) in [5, 5.41) is 0.978. The van der Waals surface area contributed by atoms with Gasteiger partial charge in [-0.1, -0.05) is 6.92 Å². The average molecular weight is 511 g/mol. The van der Waals surface area contributed by atoms with Crippen LogP contribution in [0.2, 0.25) is 0 Å². The number of imidazole rings is 1. The molecule has 1 saturated heterocycles. The van der Waals surface area contributed by atoms with E-state index in [2.05, 4.69) is 56.9 Å². The molecule has 0 unspecified atom stereocenters. The third-order valence-corrected chi connectivity index (χ3v) is 8.01. The van der Waals surface area contributed by atoms with E-state index in [1.807, 2.05) is 12.1 Å². The molecule has 2 aromatic carbocycles. The van der Waals surface area contributed by atoms with E-state index in [1.165, 1.54) is 12.1 Å². The Hall–Kier alpha value is -4.20. The van der Waals surface area contributed by atoms with Gasteiger partial charge in [0.15, 0.2) is 0 Å². The molecule has 1 aliphatic heterocycles. The molecule has 0 radical (unpaired) electrons. The predicted molar refractivity (Wildman–Crippen MR) is 148 cm³/mol. The molecule has 1 fully saturated rings. The molecule has 0 spiro atoms. The number of methoxy groups -OCH3 is 1. The number of ether oxygens (including phenoxy) is 1. The van der Waals surface area contributed by atoms with E-state index >= 15 is 0 Å². The van der Waals surface area contributed by atoms with Gasteiger partial charge in [-0.15, -0.1) is 0 Å². The van der Waals surface area contributed by atoms with E-state index in [4.69, 9.17) is 9.72 Å². The van der Waals surface area contributed by atoms with Crippen LogP contribution in [0.4, 0.5) is 10.2 Å². The van der Waals surface area contributed by atoms with Crippen molar-refractivity contribution < 1.29 is 9.13 Å². The van der Waals surface area contributed by atoms with Crippen LogP contribution in [0.3, 0.4) is 0 Å². The van der Waals surface area contributed by atoms with Gasteiger partial charge >= 0.3 is 0 Å². The lowest BCUT2D eigenvalue weighted by Crippen LogP contribution is -2.43.